The van der Waals surface area contributed by atoms with E-state index in [0.29, 0.717) is 0 Å². The van der Waals surface area contributed by atoms with Crippen LogP contribution >= 0.6 is 0 Å². The summed E-state index contributed by atoms with van der Waals surface area (Å²) in [6.07, 6.45) is 0. The summed E-state index contributed by atoms with van der Waals surface area (Å²) in [6.45, 7) is 12.8. The minimum atomic E-state index is -2.33. The molecule has 0 radical (unpaired) electrons. The summed E-state index contributed by atoms with van der Waals surface area (Å²) in [5.74, 6) is 0. The monoisotopic (exact) mass is 367 g/mol. The van der Waals surface area contributed by atoms with Crippen molar-refractivity contribution in [3.05, 3.63) is 85.2 Å². The Bertz CT molecular complexity index is 674. The van der Waals surface area contributed by atoms with Crippen molar-refractivity contribution in [1.29, 1.82) is 0 Å². The molecule has 1 aliphatic rings. The Kier molecular flexibility index (Phi) is 4.61. The van der Waals surface area contributed by atoms with Crippen LogP contribution in [0.5, 0.6) is 0 Å². The molecule has 1 saturated heterocycles. The first-order chi connectivity index (χ1) is 11.5. The summed E-state index contributed by atoms with van der Waals surface area (Å²) in [5.41, 5.74) is 4.21. The molecule has 3 nitrogen and oxygen atoms in total. The van der Waals surface area contributed by atoms with E-state index in [9.17, 15) is 0 Å². The molecule has 3 rings (SSSR count). The molecule has 3 N–H and O–H groups in total. The van der Waals surface area contributed by atoms with Crippen LogP contribution in [-0.2, 0) is 0 Å². The number of benzene rings is 2. The van der Waals surface area contributed by atoms with Crippen LogP contribution < -0.4 is 24.3 Å². The molecule has 24 heavy (non-hydrogen) atoms. The Hall–Kier alpha value is -1.55. The normalized spacial score (nSPS) is 28.9. The summed E-state index contributed by atoms with van der Waals surface area (Å²) >= 11 is 0. The minimum absolute atomic E-state index is 1.35. The maximum Gasteiger partial charge on any atom is 0.256 e. The Morgan fingerprint density at radius 3 is 1.38 bits per heavy atom. The van der Waals surface area contributed by atoms with Crippen molar-refractivity contribution in [3.63, 3.8) is 0 Å². The lowest BCUT2D eigenvalue weighted by Gasteiger charge is -2.52. The van der Waals surface area contributed by atoms with Crippen molar-refractivity contribution >= 4 is 35.6 Å². The van der Waals surface area contributed by atoms with Crippen LogP contribution in [0.4, 0.5) is 0 Å². The molecule has 124 valence electrons. The van der Waals surface area contributed by atoms with Gasteiger partial charge in [-0.2, -0.15) is 0 Å². The van der Waals surface area contributed by atoms with Crippen molar-refractivity contribution in [3.8, 4) is 0 Å². The van der Waals surface area contributed by atoms with Gasteiger partial charge in [-0.25, -0.2) is 0 Å². The fourth-order valence-electron chi connectivity index (χ4n) is 3.45. The third kappa shape index (κ3) is 3.04. The highest BCUT2D eigenvalue weighted by atomic mass is 28.5. The van der Waals surface area contributed by atoms with Gasteiger partial charge in [-0.1, -0.05) is 72.1 Å². The Labute approximate surface area is 148 Å². The first-order valence-electron chi connectivity index (χ1n) is 8.22. The number of nitrogens with one attached hydrogen (secondary N) is 3. The van der Waals surface area contributed by atoms with Crippen molar-refractivity contribution in [2.24, 2.45) is 0 Å². The van der Waals surface area contributed by atoms with Gasteiger partial charge in [0.2, 0.25) is 16.8 Å². The summed E-state index contributed by atoms with van der Waals surface area (Å²) in [5, 5.41) is 2.69. The van der Waals surface area contributed by atoms with Crippen LogP contribution in [0.15, 0.2) is 85.2 Å². The summed E-state index contributed by atoms with van der Waals surface area (Å²) in [7, 11) is -6.36. The van der Waals surface area contributed by atoms with E-state index in [4.69, 9.17) is 0 Å². The van der Waals surface area contributed by atoms with Crippen molar-refractivity contribution in [1.82, 2.24) is 13.9 Å². The zero-order valence-electron chi connectivity index (χ0n) is 14.3. The van der Waals surface area contributed by atoms with Gasteiger partial charge in [0.05, 0.1) is 0 Å². The predicted octanol–water partition coefficient (Wildman–Crippen LogP) is 1.62. The fraction of sp³-hybridized carbons (Fsp3) is 0.111. The van der Waals surface area contributed by atoms with Crippen LogP contribution in [0.1, 0.15) is 0 Å². The highest BCUT2D eigenvalue weighted by molar-refractivity contribution is 7.17. The summed E-state index contributed by atoms with van der Waals surface area (Å²) in [6, 6.07) is 21.6. The van der Waals surface area contributed by atoms with E-state index in [-0.39, 0.29) is 0 Å². The van der Waals surface area contributed by atoms with Crippen LogP contribution in [0.3, 0.4) is 0 Å². The number of hydrogen-bond donors (Lipinski definition) is 3. The Morgan fingerprint density at radius 2 is 1.04 bits per heavy atom. The molecule has 0 spiro atoms. The molecule has 2 aromatic rings. The second-order valence-corrected chi connectivity index (χ2v) is 18.0. The maximum absolute atomic E-state index is 4.13. The molecule has 2 unspecified atom stereocenters. The SMILES string of the molecule is C=C[Si]1(C)N[Si](C)(C=C)N[Si](c2ccccc2)(c2ccccc2)N1. The minimum Gasteiger partial charge on any atom is -0.330 e. The van der Waals surface area contributed by atoms with E-state index >= 15 is 0 Å². The lowest BCUT2D eigenvalue weighted by molar-refractivity contribution is 1.08. The van der Waals surface area contributed by atoms with Crippen molar-refractivity contribution < 1.29 is 0 Å². The van der Waals surface area contributed by atoms with Gasteiger partial charge in [0.1, 0.15) is 0 Å². The van der Waals surface area contributed by atoms with Gasteiger partial charge in [0, 0.05) is 0 Å². The highest BCUT2D eigenvalue weighted by Gasteiger charge is 2.53. The van der Waals surface area contributed by atoms with Gasteiger partial charge < -0.3 is 13.9 Å². The smallest absolute Gasteiger partial charge is 0.256 e. The van der Waals surface area contributed by atoms with Gasteiger partial charge in [-0.05, 0) is 23.5 Å². The van der Waals surface area contributed by atoms with Crippen LogP contribution in [0.25, 0.3) is 0 Å². The quantitative estimate of drug-likeness (QED) is 0.719. The lowest BCUT2D eigenvalue weighted by Crippen LogP contribution is -2.96. The third-order valence-electron chi connectivity index (χ3n) is 4.64. The predicted molar refractivity (Wildman–Crippen MR) is 111 cm³/mol. The molecule has 2 atom stereocenters. The first-order valence-corrected chi connectivity index (χ1v) is 15.4. The molecule has 6 heteroatoms. The molecule has 1 aliphatic heterocycles. The van der Waals surface area contributed by atoms with Crippen molar-refractivity contribution in [2.45, 2.75) is 13.1 Å². The van der Waals surface area contributed by atoms with Gasteiger partial charge in [-0.3, -0.25) is 0 Å². The first kappa shape index (κ1) is 17.3. The topological polar surface area (TPSA) is 36.1 Å². The fourth-order valence-corrected chi connectivity index (χ4v) is 22.1. The molecular weight excluding hydrogens is 342 g/mol. The van der Waals surface area contributed by atoms with Gasteiger partial charge >= 0.3 is 0 Å². The van der Waals surface area contributed by atoms with E-state index in [1.54, 1.807) is 0 Å². The van der Waals surface area contributed by atoms with E-state index in [2.05, 4.69) is 112 Å². The van der Waals surface area contributed by atoms with E-state index < -0.39 is 25.2 Å². The molecule has 0 saturated carbocycles. The summed E-state index contributed by atoms with van der Waals surface area (Å²) in [4.78, 5) is 0. The molecule has 0 aliphatic carbocycles. The average molecular weight is 368 g/mol. The van der Waals surface area contributed by atoms with E-state index in [1.165, 1.54) is 10.4 Å². The van der Waals surface area contributed by atoms with Crippen LogP contribution in [0, 0.1) is 0 Å². The highest BCUT2D eigenvalue weighted by Crippen LogP contribution is 2.15. The van der Waals surface area contributed by atoms with Gasteiger partial charge in [-0.15, -0.1) is 13.2 Å². The molecule has 0 aromatic heterocycles. The zero-order chi connectivity index (χ0) is 17.3. The number of rotatable bonds is 4. The molecule has 1 heterocycles. The van der Waals surface area contributed by atoms with E-state index in [0.717, 1.165) is 0 Å². The molecule has 2 aromatic carbocycles. The summed E-state index contributed by atoms with van der Waals surface area (Å²) < 4.78 is 11.9. The molecule has 1 fully saturated rings. The van der Waals surface area contributed by atoms with Gasteiger partial charge in [0.15, 0.2) is 0 Å². The van der Waals surface area contributed by atoms with Gasteiger partial charge in [0.25, 0.3) is 8.40 Å². The van der Waals surface area contributed by atoms with Crippen LogP contribution in [-0.4, -0.2) is 25.2 Å². The van der Waals surface area contributed by atoms with Crippen molar-refractivity contribution in [2.75, 3.05) is 0 Å². The second-order valence-electron chi connectivity index (χ2n) is 6.67. The molecule has 0 bridgehead atoms. The number of hydrogen-bond acceptors (Lipinski definition) is 3. The third-order valence-corrected chi connectivity index (χ3v) is 20.0. The largest absolute Gasteiger partial charge is 0.330 e. The average Bonchev–Trinajstić information content (AvgIpc) is 2.62. The molecule has 0 amide bonds. The zero-order valence-corrected chi connectivity index (χ0v) is 17.3. The Morgan fingerprint density at radius 1 is 0.667 bits per heavy atom. The maximum atomic E-state index is 4.13. The Balaban J connectivity index is 2.25. The lowest BCUT2D eigenvalue weighted by atomic mass is 10.4. The standard InChI is InChI=1S/C18H25N3Si3/c1-5-22(3)19-23(4,6-2)21-24(20-22,17-13-9-7-10-14-17)18-15-11-8-12-16-18/h5-16,19-21H,1-2H2,3-4H3. The van der Waals surface area contributed by atoms with E-state index in [1.807, 2.05) is 0 Å². The van der Waals surface area contributed by atoms with Crippen LogP contribution in [0.2, 0.25) is 13.1 Å². The molecular formula is C18H25N3Si3. The second kappa shape index (κ2) is 6.40.